The number of benzene rings is 2. The molecule has 1 saturated heterocycles. The lowest BCUT2D eigenvalue weighted by atomic mass is 10.0. The zero-order valence-corrected chi connectivity index (χ0v) is 16.9. The van der Waals surface area contributed by atoms with Crippen molar-refractivity contribution in [2.75, 3.05) is 16.8 Å². The molecule has 1 unspecified atom stereocenters. The summed E-state index contributed by atoms with van der Waals surface area (Å²) in [7, 11) is 0. The Morgan fingerprint density at radius 1 is 1.03 bits per heavy atom. The molecule has 0 aliphatic carbocycles. The first-order chi connectivity index (χ1) is 15.5. The molecule has 0 radical (unpaired) electrons. The van der Waals surface area contributed by atoms with E-state index >= 15 is 0 Å². The van der Waals surface area contributed by atoms with Crippen molar-refractivity contribution >= 4 is 22.8 Å². The molecule has 5 nitrogen and oxygen atoms in total. The van der Waals surface area contributed by atoms with Crippen LogP contribution in [0.2, 0.25) is 0 Å². The molecule has 5 rings (SSSR count). The highest BCUT2D eigenvalue weighted by Gasteiger charge is 2.30. The Balaban J connectivity index is 1.45. The lowest BCUT2D eigenvalue weighted by Gasteiger charge is -2.28. The van der Waals surface area contributed by atoms with Crippen LogP contribution in [0.5, 0.6) is 0 Å². The van der Waals surface area contributed by atoms with Crippen molar-refractivity contribution in [3.8, 4) is 0 Å². The molecule has 1 aliphatic heterocycles. The smallest absolute Gasteiger partial charge is 0.259 e. The van der Waals surface area contributed by atoms with Crippen LogP contribution in [0.4, 0.5) is 24.5 Å². The Hall–Kier alpha value is -3.81. The highest BCUT2D eigenvalue weighted by molar-refractivity contribution is 6.08. The van der Waals surface area contributed by atoms with Gasteiger partial charge in [-0.05, 0) is 61.4 Å². The summed E-state index contributed by atoms with van der Waals surface area (Å²) in [6.45, 7) is 0.489. The maximum atomic E-state index is 14.8. The summed E-state index contributed by atoms with van der Waals surface area (Å²) < 4.78 is 44.5. The maximum absolute atomic E-state index is 14.8. The number of carbonyl (C=O) groups is 1. The Bertz CT molecular complexity index is 1320. The van der Waals surface area contributed by atoms with Gasteiger partial charge in [-0.3, -0.25) is 4.79 Å². The number of pyridine rings is 1. The van der Waals surface area contributed by atoms with Gasteiger partial charge in [-0.25, -0.2) is 17.7 Å². The van der Waals surface area contributed by atoms with E-state index in [1.54, 1.807) is 21.7 Å². The van der Waals surface area contributed by atoms with Gasteiger partial charge < -0.3 is 10.2 Å². The molecule has 2 aromatic heterocycles. The summed E-state index contributed by atoms with van der Waals surface area (Å²) in [5.41, 5.74) is 1.86. The average Bonchev–Trinajstić information content (AvgIpc) is 3.44. The first-order valence-corrected chi connectivity index (χ1v) is 10.3. The maximum Gasteiger partial charge on any atom is 0.259 e. The number of hydrogen-bond acceptors (Lipinski definition) is 3. The number of aromatic nitrogens is 2. The van der Waals surface area contributed by atoms with E-state index in [0.29, 0.717) is 36.2 Å². The summed E-state index contributed by atoms with van der Waals surface area (Å²) in [6, 6.07) is 12.5. The van der Waals surface area contributed by atoms with E-state index in [2.05, 4.69) is 10.4 Å². The van der Waals surface area contributed by atoms with Crippen molar-refractivity contribution in [2.45, 2.75) is 18.9 Å². The van der Waals surface area contributed by atoms with Crippen LogP contribution in [0.15, 0.2) is 67.0 Å². The highest BCUT2D eigenvalue weighted by Crippen LogP contribution is 2.39. The molecule has 0 bridgehead atoms. The molecule has 162 valence electrons. The third-order valence-electron chi connectivity index (χ3n) is 5.75. The Labute approximate surface area is 182 Å². The van der Waals surface area contributed by atoms with Crippen LogP contribution in [-0.4, -0.2) is 22.1 Å². The average molecular weight is 436 g/mol. The number of rotatable bonds is 4. The molecule has 1 N–H and O–H groups in total. The lowest BCUT2D eigenvalue weighted by Crippen LogP contribution is -2.24. The molecular formula is C24H19F3N4O. The van der Waals surface area contributed by atoms with E-state index in [4.69, 9.17) is 0 Å². The van der Waals surface area contributed by atoms with Crippen molar-refractivity contribution in [3.05, 3.63) is 95.6 Å². The van der Waals surface area contributed by atoms with Crippen molar-refractivity contribution in [2.24, 2.45) is 0 Å². The zero-order chi connectivity index (χ0) is 22.2. The number of nitrogens with zero attached hydrogens (tertiary/aromatic N) is 3. The van der Waals surface area contributed by atoms with Crippen LogP contribution in [0.3, 0.4) is 0 Å². The second kappa shape index (κ2) is 8.03. The third kappa shape index (κ3) is 3.57. The van der Waals surface area contributed by atoms with Crippen LogP contribution in [0.25, 0.3) is 5.52 Å². The number of amides is 1. The van der Waals surface area contributed by atoms with Gasteiger partial charge in [-0.1, -0.05) is 6.07 Å². The van der Waals surface area contributed by atoms with Crippen LogP contribution in [-0.2, 0) is 0 Å². The minimum Gasteiger partial charge on any atom is -0.362 e. The quantitative estimate of drug-likeness (QED) is 0.470. The normalized spacial score (nSPS) is 16.0. The molecule has 1 aliphatic rings. The Morgan fingerprint density at radius 3 is 2.75 bits per heavy atom. The number of hydrogen-bond donors (Lipinski definition) is 1. The minimum atomic E-state index is -0.539. The van der Waals surface area contributed by atoms with E-state index in [9.17, 15) is 18.0 Å². The van der Waals surface area contributed by atoms with Crippen LogP contribution in [0.1, 0.15) is 34.8 Å². The van der Waals surface area contributed by atoms with E-state index in [1.807, 2.05) is 12.1 Å². The third-order valence-corrected chi connectivity index (χ3v) is 5.75. The molecule has 8 heteroatoms. The van der Waals surface area contributed by atoms with Crippen LogP contribution in [0, 0.1) is 17.5 Å². The Kier molecular flexibility index (Phi) is 5.05. The number of anilines is 2. The highest BCUT2D eigenvalue weighted by atomic mass is 19.1. The summed E-state index contributed by atoms with van der Waals surface area (Å²) >= 11 is 0. The fraction of sp³-hybridized carbons (Fsp3) is 0.167. The molecule has 2 aromatic carbocycles. The fourth-order valence-electron chi connectivity index (χ4n) is 4.27. The summed E-state index contributed by atoms with van der Waals surface area (Å²) in [5.74, 6) is -1.94. The summed E-state index contributed by atoms with van der Waals surface area (Å²) in [4.78, 5) is 14.5. The summed E-state index contributed by atoms with van der Waals surface area (Å²) in [5, 5.41) is 6.94. The van der Waals surface area contributed by atoms with Gasteiger partial charge in [0.1, 0.15) is 17.5 Å². The van der Waals surface area contributed by atoms with Gasteiger partial charge in [-0.15, -0.1) is 0 Å². The summed E-state index contributed by atoms with van der Waals surface area (Å²) in [6.07, 6.45) is 4.48. The lowest BCUT2D eigenvalue weighted by molar-refractivity contribution is 0.102. The monoisotopic (exact) mass is 436 g/mol. The first-order valence-electron chi connectivity index (χ1n) is 10.3. The Morgan fingerprint density at radius 2 is 1.88 bits per heavy atom. The zero-order valence-electron chi connectivity index (χ0n) is 16.9. The first kappa shape index (κ1) is 20.1. The van der Waals surface area contributed by atoms with Gasteiger partial charge in [0.25, 0.3) is 5.91 Å². The van der Waals surface area contributed by atoms with E-state index in [0.717, 1.165) is 18.2 Å². The molecule has 4 aromatic rings. The molecule has 32 heavy (non-hydrogen) atoms. The van der Waals surface area contributed by atoms with Crippen molar-refractivity contribution in [1.82, 2.24) is 9.61 Å². The van der Waals surface area contributed by atoms with E-state index < -0.39 is 23.5 Å². The second-order valence-electron chi connectivity index (χ2n) is 7.73. The second-order valence-corrected chi connectivity index (χ2v) is 7.73. The van der Waals surface area contributed by atoms with Gasteiger partial charge >= 0.3 is 0 Å². The topological polar surface area (TPSA) is 49.6 Å². The van der Waals surface area contributed by atoms with Crippen molar-refractivity contribution < 1.29 is 18.0 Å². The van der Waals surface area contributed by atoms with Gasteiger partial charge in [0.05, 0.1) is 29.0 Å². The molecule has 1 atom stereocenters. The van der Waals surface area contributed by atoms with Gasteiger partial charge in [0.2, 0.25) is 0 Å². The molecule has 3 heterocycles. The SMILES string of the molecule is O=C(Nc1ccc(F)c(N2CCCC2c2cc(F)ccc2F)c1)c1cnn2ccccc12. The number of fused-ring (bicyclic) bond motifs is 1. The van der Waals surface area contributed by atoms with Crippen LogP contribution >= 0.6 is 0 Å². The van der Waals surface area contributed by atoms with Gasteiger partial charge in [0.15, 0.2) is 0 Å². The predicted molar refractivity (Wildman–Crippen MR) is 115 cm³/mol. The predicted octanol–water partition coefficient (Wildman–Crippen LogP) is 5.35. The fourth-order valence-corrected chi connectivity index (χ4v) is 4.27. The van der Waals surface area contributed by atoms with Crippen molar-refractivity contribution in [1.29, 1.82) is 0 Å². The van der Waals surface area contributed by atoms with E-state index in [1.165, 1.54) is 24.4 Å². The molecular weight excluding hydrogens is 417 g/mol. The number of halogens is 3. The standard InChI is InChI=1S/C24H19F3N4O/c25-15-6-8-19(26)17(12-15)21-5-3-10-30(21)23-13-16(7-9-20(23)27)29-24(32)18-14-28-31-11-2-1-4-22(18)31/h1-2,4,6-9,11-14,21H,3,5,10H2,(H,29,32). The number of nitrogens with one attached hydrogen (secondary N) is 1. The molecule has 1 amide bonds. The van der Waals surface area contributed by atoms with Gasteiger partial charge in [-0.2, -0.15) is 5.10 Å². The van der Waals surface area contributed by atoms with Gasteiger partial charge in [0, 0.05) is 24.0 Å². The van der Waals surface area contributed by atoms with Crippen LogP contribution < -0.4 is 10.2 Å². The van der Waals surface area contributed by atoms with Crippen molar-refractivity contribution in [3.63, 3.8) is 0 Å². The molecule has 0 spiro atoms. The number of carbonyl (C=O) groups excluding carboxylic acids is 1. The molecule has 0 saturated carbocycles. The molecule has 1 fully saturated rings. The minimum absolute atomic E-state index is 0.197. The largest absolute Gasteiger partial charge is 0.362 e. The van der Waals surface area contributed by atoms with E-state index in [-0.39, 0.29) is 17.2 Å².